The highest BCUT2D eigenvalue weighted by atomic mass is 32.2. The van der Waals surface area contributed by atoms with Crippen molar-refractivity contribution in [1.82, 2.24) is 9.62 Å². The molecule has 2 aliphatic rings. The van der Waals surface area contributed by atoms with Crippen molar-refractivity contribution >= 4 is 15.9 Å². The van der Waals surface area contributed by atoms with Crippen LogP contribution in [0.5, 0.6) is 11.5 Å². The second-order valence-electron chi connectivity index (χ2n) is 7.69. The molecule has 0 atom stereocenters. The van der Waals surface area contributed by atoms with Crippen molar-refractivity contribution < 1.29 is 22.7 Å². The Balaban J connectivity index is 1.62. The lowest BCUT2D eigenvalue weighted by Gasteiger charge is -2.31. The first-order chi connectivity index (χ1) is 12.7. The second kappa shape index (κ2) is 7.65. The summed E-state index contributed by atoms with van der Waals surface area (Å²) < 4.78 is 38.2. The van der Waals surface area contributed by atoms with E-state index < -0.39 is 15.6 Å². The average Bonchev–Trinajstić information content (AvgIpc) is 2.65. The number of rotatable bonds is 5. The van der Waals surface area contributed by atoms with E-state index >= 15 is 0 Å². The summed E-state index contributed by atoms with van der Waals surface area (Å²) in [6.45, 7) is 5.54. The zero-order valence-corrected chi connectivity index (χ0v) is 16.5. The number of nitrogens with two attached hydrogens (primary N) is 1. The van der Waals surface area contributed by atoms with E-state index in [1.807, 2.05) is 13.8 Å². The molecule has 3 rings (SSSR count). The summed E-state index contributed by atoms with van der Waals surface area (Å²) in [7, 11) is -3.63. The number of ether oxygens (including phenoxy) is 2. The summed E-state index contributed by atoms with van der Waals surface area (Å²) in [5.41, 5.74) is 5.41. The minimum Gasteiger partial charge on any atom is -0.486 e. The van der Waals surface area contributed by atoms with Crippen LogP contribution in [0.2, 0.25) is 0 Å². The largest absolute Gasteiger partial charge is 0.486 e. The number of nitrogens with one attached hydrogen (secondary N) is 1. The van der Waals surface area contributed by atoms with Crippen molar-refractivity contribution in [3.63, 3.8) is 0 Å². The molecule has 1 aromatic carbocycles. The number of benzene rings is 1. The average molecular weight is 397 g/mol. The summed E-state index contributed by atoms with van der Waals surface area (Å²) >= 11 is 0. The number of piperidine rings is 1. The van der Waals surface area contributed by atoms with Gasteiger partial charge in [-0.15, -0.1) is 0 Å². The molecule has 2 aliphatic heterocycles. The Morgan fingerprint density at radius 2 is 1.85 bits per heavy atom. The minimum absolute atomic E-state index is 0.0649. The molecule has 0 aromatic heterocycles. The molecule has 0 bridgehead atoms. The van der Waals surface area contributed by atoms with E-state index in [4.69, 9.17) is 15.2 Å². The molecule has 2 heterocycles. The second-order valence-corrected chi connectivity index (χ2v) is 9.63. The maximum Gasteiger partial charge on any atom is 0.243 e. The fourth-order valence-electron chi connectivity index (χ4n) is 3.15. The van der Waals surface area contributed by atoms with Crippen LogP contribution in [-0.2, 0) is 14.8 Å². The van der Waals surface area contributed by atoms with Gasteiger partial charge in [-0.2, -0.15) is 4.31 Å². The predicted molar refractivity (Wildman–Crippen MR) is 100 cm³/mol. The molecule has 0 spiro atoms. The third-order valence-electron chi connectivity index (χ3n) is 4.69. The fraction of sp³-hybridized carbons (Fsp3) is 0.611. The molecular formula is C18H27N3O5S. The molecule has 0 radical (unpaired) electrons. The highest BCUT2D eigenvalue weighted by Gasteiger charge is 2.33. The van der Waals surface area contributed by atoms with Gasteiger partial charge in [-0.05, 0) is 38.8 Å². The van der Waals surface area contributed by atoms with Crippen molar-refractivity contribution in [3.8, 4) is 11.5 Å². The summed E-state index contributed by atoms with van der Waals surface area (Å²) in [5, 5.41) is 2.85. The van der Waals surface area contributed by atoms with E-state index in [-0.39, 0.29) is 16.7 Å². The van der Waals surface area contributed by atoms with Crippen molar-refractivity contribution in [2.45, 2.75) is 37.1 Å². The van der Waals surface area contributed by atoms with E-state index in [0.29, 0.717) is 57.2 Å². The molecule has 0 saturated carbocycles. The van der Waals surface area contributed by atoms with Gasteiger partial charge in [0.25, 0.3) is 0 Å². The van der Waals surface area contributed by atoms with E-state index in [9.17, 15) is 13.2 Å². The Hall–Kier alpha value is -1.84. The van der Waals surface area contributed by atoms with Crippen LogP contribution in [0.1, 0.15) is 26.7 Å². The van der Waals surface area contributed by atoms with Crippen LogP contribution in [-0.4, -0.2) is 57.0 Å². The van der Waals surface area contributed by atoms with E-state index in [2.05, 4.69) is 5.32 Å². The number of carbonyl (C=O) groups is 1. The van der Waals surface area contributed by atoms with E-state index in [0.717, 1.165) is 0 Å². The highest BCUT2D eigenvalue weighted by molar-refractivity contribution is 7.89. The third kappa shape index (κ3) is 4.72. The van der Waals surface area contributed by atoms with Gasteiger partial charge < -0.3 is 20.5 Å². The van der Waals surface area contributed by atoms with Gasteiger partial charge in [-0.25, -0.2) is 8.42 Å². The summed E-state index contributed by atoms with van der Waals surface area (Å²) in [6.07, 6.45) is 0.973. The van der Waals surface area contributed by atoms with Crippen molar-refractivity contribution in [2.24, 2.45) is 11.7 Å². The Bertz CT molecular complexity index is 796. The number of hydrogen-bond donors (Lipinski definition) is 2. The first kappa shape index (κ1) is 19.9. The first-order valence-corrected chi connectivity index (χ1v) is 10.6. The molecule has 1 aromatic rings. The Morgan fingerprint density at radius 3 is 2.48 bits per heavy atom. The molecule has 0 aliphatic carbocycles. The van der Waals surface area contributed by atoms with Crippen LogP contribution in [0, 0.1) is 5.92 Å². The van der Waals surface area contributed by atoms with Crippen LogP contribution in [0.15, 0.2) is 23.1 Å². The maximum atomic E-state index is 12.9. The SMILES string of the molecule is CC(C)(N)CNC(=O)C1CCN(S(=O)(=O)c2ccc3c(c2)OCCO3)CC1. The number of sulfonamides is 1. The third-order valence-corrected chi connectivity index (χ3v) is 6.59. The van der Waals surface area contributed by atoms with Crippen molar-refractivity contribution in [2.75, 3.05) is 32.8 Å². The topological polar surface area (TPSA) is 111 Å². The molecule has 8 nitrogen and oxygen atoms in total. The van der Waals surface area contributed by atoms with Gasteiger partial charge in [0.15, 0.2) is 11.5 Å². The van der Waals surface area contributed by atoms with Gasteiger partial charge in [0.2, 0.25) is 15.9 Å². The molecular weight excluding hydrogens is 370 g/mol. The smallest absolute Gasteiger partial charge is 0.243 e. The molecule has 27 heavy (non-hydrogen) atoms. The van der Waals surface area contributed by atoms with Crippen molar-refractivity contribution in [1.29, 1.82) is 0 Å². The zero-order valence-electron chi connectivity index (χ0n) is 15.7. The van der Waals surface area contributed by atoms with Crippen LogP contribution in [0.4, 0.5) is 0 Å². The molecule has 1 amide bonds. The normalized spacial score (nSPS) is 18.9. The monoisotopic (exact) mass is 397 g/mol. The van der Waals surface area contributed by atoms with Crippen molar-refractivity contribution in [3.05, 3.63) is 18.2 Å². The van der Waals surface area contributed by atoms with E-state index in [1.54, 1.807) is 6.07 Å². The number of amides is 1. The quantitative estimate of drug-likeness (QED) is 0.757. The first-order valence-electron chi connectivity index (χ1n) is 9.13. The van der Waals surface area contributed by atoms with E-state index in [1.165, 1.54) is 16.4 Å². The van der Waals surface area contributed by atoms with Gasteiger partial charge in [0.1, 0.15) is 13.2 Å². The number of carbonyl (C=O) groups excluding carboxylic acids is 1. The number of nitrogens with zero attached hydrogens (tertiary/aromatic N) is 1. The van der Waals surface area contributed by atoms with Gasteiger partial charge in [-0.3, -0.25) is 4.79 Å². The number of fused-ring (bicyclic) bond motifs is 1. The van der Waals surface area contributed by atoms with Gasteiger partial charge >= 0.3 is 0 Å². The van der Waals surface area contributed by atoms with Crippen LogP contribution in [0.25, 0.3) is 0 Å². The fourth-order valence-corrected chi connectivity index (χ4v) is 4.64. The van der Waals surface area contributed by atoms with Crippen LogP contribution < -0.4 is 20.5 Å². The lowest BCUT2D eigenvalue weighted by molar-refractivity contribution is -0.126. The molecule has 1 saturated heterocycles. The summed E-state index contributed by atoms with van der Waals surface area (Å²) in [6, 6.07) is 4.66. The molecule has 3 N–H and O–H groups in total. The Labute approximate surface area is 160 Å². The standard InChI is InChI=1S/C18H27N3O5S/c1-18(2,19)12-20-17(22)13-5-7-21(8-6-13)27(23,24)14-3-4-15-16(11-14)26-10-9-25-15/h3-4,11,13H,5-10,12,19H2,1-2H3,(H,20,22). The van der Waals surface area contributed by atoms with Gasteiger partial charge in [0.05, 0.1) is 4.90 Å². The Kier molecular flexibility index (Phi) is 5.64. The molecule has 1 fully saturated rings. The van der Waals surface area contributed by atoms with Crippen LogP contribution in [0.3, 0.4) is 0 Å². The lowest BCUT2D eigenvalue weighted by atomic mass is 9.96. The minimum atomic E-state index is -3.63. The zero-order chi connectivity index (χ0) is 19.7. The Morgan fingerprint density at radius 1 is 1.22 bits per heavy atom. The molecule has 9 heteroatoms. The van der Waals surface area contributed by atoms with Gasteiger partial charge in [0, 0.05) is 37.2 Å². The lowest BCUT2D eigenvalue weighted by Crippen LogP contribution is -2.48. The highest BCUT2D eigenvalue weighted by Crippen LogP contribution is 2.34. The summed E-state index contributed by atoms with van der Waals surface area (Å²) in [5.74, 6) is 0.739. The summed E-state index contributed by atoms with van der Waals surface area (Å²) in [4.78, 5) is 12.4. The molecule has 150 valence electrons. The maximum absolute atomic E-state index is 12.9. The predicted octanol–water partition coefficient (Wildman–Crippen LogP) is 0.712. The number of hydrogen-bond acceptors (Lipinski definition) is 6. The molecule has 0 unspecified atom stereocenters. The van der Waals surface area contributed by atoms with Crippen LogP contribution >= 0.6 is 0 Å². The van der Waals surface area contributed by atoms with Gasteiger partial charge in [-0.1, -0.05) is 0 Å².